The van der Waals surface area contributed by atoms with Gasteiger partial charge >= 0.3 is 0 Å². The number of rotatable bonds is 5. The molecule has 3 aromatic carbocycles. The maximum Gasteiger partial charge on any atom is 0.255 e. The lowest BCUT2D eigenvalue weighted by molar-refractivity contribution is 0.102. The molecule has 5 heteroatoms. The molecular formula is C21H16N2O2S. The van der Waals surface area contributed by atoms with E-state index in [1.807, 2.05) is 36.6 Å². The average Bonchev–Trinajstić information content (AvgIpc) is 2.64. The maximum absolute atomic E-state index is 12.3. The topological polar surface area (TPSA) is 62.1 Å². The number of nitrogens with one attached hydrogen (secondary N) is 1. The van der Waals surface area contributed by atoms with Crippen molar-refractivity contribution in [2.24, 2.45) is 0 Å². The number of aryl methyl sites for hydroxylation is 1. The number of hydrogen-bond donors (Lipinski definition) is 1. The number of nitriles is 1. The van der Waals surface area contributed by atoms with Crippen LogP contribution in [0.5, 0.6) is 11.5 Å². The lowest BCUT2D eigenvalue weighted by Crippen LogP contribution is -2.11. The minimum absolute atomic E-state index is 0.201. The van der Waals surface area contributed by atoms with Gasteiger partial charge in [-0.25, -0.2) is 0 Å². The summed E-state index contributed by atoms with van der Waals surface area (Å²) in [7, 11) is 0. The Hall–Kier alpha value is -3.23. The molecular weight excluding hydrogens is 344 g/mol. The molecule has 0 spiro atoms. The van der Waals surface area contributed by atoms with Crippen molar-refractivity contribution in [3.8, 4) is 16.9 Å². The molecule has 0 aliphatic heterocycles. The fourth-order valence-corrected chi connectivity index (χ4v) is 2.73. The summed E-state index contributed by atoms with van der Waals surface area (Å²) in [4.78, 5) is 13.2. The highest BCUT2D eigenvalue weighted by Gasteiger charge is 2.07. The van der Waals surface area contributed by atoms with Gasteiger partial charge in [-0.1, -0.05) is 12.1 Å². The summed E-state index contributed by atoms with van der Waals surface area (Å²) in [5, 5.41) is 13.5. The number of ether oxygens (including phenoxy) is 1. The number of thioether (sulfide) groups is 1. The zero-order valence-electron chi connectivity index (χ0n) is 14.1. The van der Waals surface area contributed by atoms with Gasteiger partial charge in [0.2, 0.25) is 0 Å². The minimum atomic E-state index is -0.201. The fraction of sp³-hybridized carbons (Fsp3) is 0.0476. The van der Waals surface area contributed by atoms with E-state index in [9.17, 15) is 4.79 Å². The standard InChI is InChI=1S/C21H16N2O2S/c1-15-3-2-4-19(13-15)25-18-9-5-16(6-10-18)21(24)23-17-7-11-20(12-8-17)26-14-22/h2-13H,1H3,(H,23,24). The van der Waals surface area contributed by atoms with Crippen molar-refractivity contribution in [3.63, 3.8) is 0 Å². The van der Waals surface area contributed by atoms with Crippen molar-refractivity contribution < 1.29 is 9.53 Å². The Morgan fingerprint density at radius 2 is 1.73 bits per heavy atom. The first kappa shape index (κ1) is 17.6. The van der Waals surface area contributed by atoms with Crippen molar-refractivity contribution in [2.75, 3.05) is 5.32 Å². The molecule has 0 saturated heterocycles. The summed E-state index contributed by atoms with van der Waals surface area (Å²) in [6.07, 6.45) is 0. The van der Waals surface area contributed by atoms with E-state index >= 15 is 0 Å². The highest BCUT2D eigenvalue weighted by atomic mass is 32.2. The van der Waals surface area contributed by atoms with Gasteiger partial charge in [-0.3, -0.25) is 4.79 Å². The third kappa shape index (κ3) is 4.65. The number of carbonyl (C=O) groups excluding carboxylic acids is 1. The Balaban J connectivity index is 1.64. The molecule has 3 aromatic rings. The predicted molar refractivity (Wildman–Crippen MR) is 104 cm³/mol. The predicted octanol–water partition coefficient (Wildman–Crippen LogP) is 5.61. The quantitative estimate of drug-likeness (QED) is 0.474. The highest BCUT2D eigenvalue weighted by Crippen LogP contribution is 2.23. The van der Waals surface area contributed by atoms with Crippen molar-refractivity contribution in [1.29, 1.82) is 5.26 Å². The van der Waals surface area contributed by atoms with Crippen molar-refractivity contribution in [3.05, 3.63) is 83.9 Å². The van der Waals surface area contributed by atoms with Gasteiger partial charge in [0.15, 0.2) is 0 Å². The first-order valence-electron chi connectivity index (χ1n) is 7.96. The number of thiocyanates is 1. The van der Waals surface area contributed by atoms with E-state index in [2.05, 4.69) is 5.32 Å². The van der Waals surface area contributed by atoms with Gasteiger partial charge in [0.25, 0.3) is 5.91 Å². The molecule has 1 N–H and O–H groups in total. The van der Waals surface area contributed by atoms with Gasteiger partial charge in [-0.05, 0) is 84.9 Å². The molecule has 26 heavy (non-hydrogen) atoms. The van der Waals surface area contributed by atoms with E-state index < -0.39 is 0 Å². The molecule has 0 aliphatic rings. The van der Waals surface area contributed by atoms with Crippen LogP contribution in [0.1, 0.15) is 15.9 Å². The number of nitrogens with zero attached hydrogens (tertiary/aromatic N) is 1. The number of anilines is 1. The lowest BCUT2D eigenvalue weighted by Gasteiger charge is -2.08. The highest BCUT2D eigenvalue weighted by molar-refractivity contribution is 8.03. The molecule has 128 valence electrons. The molecule has 0 bridgehead atoms. The lowest BCUT2D eigenvalue weighted by atomic mass is 10.2. The second kappa shape index (κ2) is 8.24. The Kier molecular flexibility index (Phi) is 5.57. The van der Waals surface area contributed by atoms with Gasteiger partial charge < -0.3 is 10.1 Å². The Morgan fingerprint density at radius 1 is 1.00 bits per heavy atom. The van der Waals surface area contributed by atoms with Crippen LogP contribution in [0, 0.1) is 17.6 Å². The van der Waals surface area contributed by atoms with E-state index in [4.69, 9.17) is 10.00 Å². The third-order valence-corrected chi connectivity index (χ3v) is 4.22. The first-order valence-corrected chi connectivity index (χ1v) is 8.77. The summed E-state index contributed by atoms with van der Waals surface area (Å²) in [5.41, 5.74) is 2.34. The van der Waals surface area contributed by atoms with E-state index in [1.165, 1.54) is 0 Å². The molecule has 0 aliphatic carbocycles. The molecule has 0 saturated carbocycles. The SMILES string of the molecule is Cc1cccc(Oc2ccc(C(=O)Nc3ccc(SC#N)cc3)cc2)c1. The zero-order chi connectivity index (χ0) is 18.4. The van der Waals surface area contributed by atoms with Gasteiger partial charge in [0.1, 0.15) is 16.9 Å². The van der Waals surface area contributed by atoms with Crippen LogP contribution in [0.15, 0.2) is 77.7 Å². The van der Waals surface area contributed by atoms with Gasteiger partial charge in [-0.2, -0.15) is 5.26 Å². The second-order valence-corrected chi connectivity index (χ2v) is 6.47. The van der Waals surface area contributed by atoms with E-state index in [-0.39, 0.29) is 5.91 Å². The number of hydrogen-bond acceptors (Lipinski definition) is 4. The smallest absolute Gasteiger partial charge is 0.255 e. The summed E-state index contributed by atoms with van der Waals surface area (Å²) < 4.78 is 5.79. The Morgan fingerprint density at radius 3 is 2.38 bits per heavy atom. The molecule has 0 radical (unpaired) electrons. The minimum Gasteiger partial charge on any atom is -0.457 e. The van der Waals surface area contributed by atoms with Crippen molar-refractivity contribution in [1.82, 2.24) is 0 Å². The third-order valence-electron chi connectivity index (χ3n) is 3.62. The van der Waals surface area contributed by atoms with E-state index in [1.54, 1.807) is 48.5 Å². The molecule has 0 atom stereocenters. The molecule has 0 unspecified atom stereocenters. The van der Waals surface area contributed by atoms with Crippen LogP contribution in [0.3, 0.4) is 0 Å². The summed E-state index contributed by atoms with van der Waals surface area (Å²) in [5.74, 6) is 1.23. The largest absolute Gasteiger partial charge is 0.457 e. The van der Waals surface area contributed by atoms with Crippen LogP contribution in [-0.4, -0.2) is 5.91 Å². The summed E-state index contributed by atoms with van der Waals surface area (Å²) in [6.45, 7) is 2.01. The monoisotopic (exact) mass is 360 g/mol. The second-order valence-electron chi connectivity index (χ2n) is 5.61. The van der Waals surface area contributed by atoms with E-state index in [0.29, 0.717) is 17.0 Å². The van der Waals surface area contributed by atoms with Crippen LogP contribution in [0.25, 0.3) is 0 Å². The Bertz CT molecular complexity index is 945. The fourth-order valence-electron chi connectivity index (χ4n) is 2.35. The number of benzene rings is 3. The van der Waals surface area contributed by atoms with Gasteiger partial charge in [-0.15, -0.1) is 0 Å². The number of amides is 1. The molecule has 1 amide bonds. The maximum atomic E-state index is 12.3. The van der Waals surface area contributed by atoms with Crippen molar-refractivity contribution in [2.45, 2.75) is 11.8 Å². The molecule has 0 heterocycles. The van der Waals surface area contributed by atoms with Crippen LogP contribution in [0.2, 0.25) is 0 Å². The summed E-state index contributed by atoms with van der Waals surface area (Å²) in [6, 6.07) is 21.9. The van der Waals surface area contributed by atoms with Crippen LogP contribution in [-0.2, 0) is 0 Å². The van der Waals surface area contributed by atoms with Crippen LogP contribution < -0.4 is 10.1 Å². The summed E-state index contributed by atoms with van der Waals surface area (Å²) >= 11 is 1.08. The van der Waals surface area contributed by atoms with E-state index in [0.717, 1.165) is 28.0 Å². The first-order chi connectivity index (χ1) is 12.6. The Labute approximate surface area is 156 Å². The molecule has 4 nitrogen and oxygen atoms in total. The number of carbonyl (C=O) groups is 1. The molecule has 3 rings (SSSR count). The van der Waals surface area contributed by atoms with Gasteiger partial charge in [0.05, 0.1) is 0 Å². The van der Waals surface area contributed by atoms with Crippen molar-refractivity contribution >= 4 is 23.4 Å². The van der Waals surface area contributed by atoms with Crippen LogP contribution in [0.4, 0.5) is 5.69 Å². The molecule has 0 aromatic heterocycles. The molecule has 0 fully saturated rings. The zero-order valence-corrected chi connectivity index (χ0v) is 14.9. The van der Waals surface area contributed by atoms with Gasteiger partial charge in [0, 0.05) is 16.1 Å². The average molecular weight is 360 g/mol. The normalized spacial score (nSPS) is 10.0. The van der Waals surface area contributed by atoms with Crippen LogP contribution >= 0.6 is 11.8 Å².